The Morgan fingerprint density at radius 3 is 3.00 bits per heavy atom. The third-order valence-electron chi connectivity index (χ3n) is 2.69. The summed E-state index contributed by atoms with van der Waals surface area (Å²) in [7, 11) is 0. The summed E-state index contributed by atoms with van der Waals surface area (Å²) in [6.45, 7) is 0.792. The molecule has 0 amide bonds. The van der Waals surface area contributed by atoms with Crippen LogP contribution in [0.5, 0.6) is 5.75 Å². The summed E-state index contributed by atoms with van der Waals surface area (Å²) in [5, 5.41) is 0.149. The molecule has 0 bridgehead atoms. The minimum Gasteiger partial charge on any atom is -0.486 e. The van der Waals surface area contributed by atoms with Gasteiger partial charge in [0.2, 0.25) is 5.82 Å². The zero-order chi connectivity index (χ0) is 11.3. The highest BCUT2D eigenvalue weighted by Gasteiger charge is 2.21. The molecule has 0 fully saturated rings. The van der Waals surface area contributed by atoms with Gasteiger partial charge < -0.3 is 9.30 Å². The number of nitrogens with zero attached hydrogens (tertiary/aromatic N) is 1. The number of aromatic nitrogens is 1. The lowest BCUT2D eigenvalue weighted by atomic mass is 10.1. The highest BCUT2D eigenvalue weighted by molar-refractivity contribution is 5.85. The summed E-state index contributed by atoms with van der Waals surface area (Å²) >= 11 is 0. The normalized spacial score (nSPS) is 13.9. The Morgan fingerprint density at radius 2 is 2.19 bits per heavy atom. The van der Waals surface area contributed by atoms with Gasteiger partial charge in [0, 0.05) is 12.3 Å². The number of hydrogen-bond acceptors (Lipinski definition) is 2. The van der Waals surface area contributed by atoms with Gasteiger partial charge >= 0.3 is 0 Å². The van der Waals surface area contributed by atoms with E-state index in [0.29, 0.717) is 12.1 Å². The summed E-state index contributed by atoms with van der Waals surface area (Å²) in [6.07, 6.45) is 1.56. The monoisotopic (exact) mass is 223 g/mol. The van der Waals surface area contributed by atoms with Crippen molar-refractivity contribution in [2.24, 2.45) is 0 Å². The Bertz CT molecular complexity index is 648. The zero-order valence-corrected chi connectivity index (χ0v) is 8.17. The van der Waals surface area contributed by atoms with E-state index >= 15 is 0 Å². The summed E-state index contributed by atoms with van der Waals surface area (Å²) in [6, 6.07) is 2.26. The number of halogens is 2. The topological polar surface area (TPSA) is 31.2 Å². The van der Waals surface area contributed by atoms with Gasteiger partial charge in [0.25, 0.3) is 0 Å². The molecule has 1 aliphatic heterocycles. The van der Waals surface area contributed by atoms with Gasteiger partial charge in [0.05, 0.1) is 17.4 Å². The molecule has 0 N–H and O–H groups in total. The average Bonchev–Trinajstić information content (AvgIpc) is 2.29. The van der Waals surface area contributed by atoms with Gasteiger partial charge in [-0.1, -0.05) is 0 Å². The molecule has 5 heteroatoms. The van der Waals surface area contributed by atoms with E-state index in [2.05, 4.69) is 0 Å². The van der Waals surface area contributed by atoms with Crippen molar-refractivity contribution in [3.8, 4) is 5.75 Å². The molecule has 0 saturated carbocycles. The smallest absolute Gasteiger partial charge is 0.202 e. The molecule has 3 rings (SSSR count). The van der Waals surface area contributed by atoms with Crippen LogP contribution in [0.15, 0.2) is 23.1 Å². The van der Waals surface area contributed by atoms with Gasteiger partial charge in [0.15, 0.2) is 17.0 Å². The molecule has 0 saturated heterocycles. The average molecular weight is 223 g/mol. The molecule has 0 radical (unpaired) electrons. The molecule has 82 valence electrons. The molecule has 1 aliphatic rings. The third kappa shape index (κ3) is 1.08. The Morgan fingerprint density at radius 1 is 1.38 bits per heavy atom. The maximum Gasteiger partial charge on any atom is 0.202 e. The largest absolute Gasteiger partial charge is 0.486 e. The van der Waals surface area contributed by atoms with Crippen LogP contribution in [0.4, 0.5) is 8.78 Å². The Labute approximate surface area is 88.9 Å². The van der Waals surface area contributed by atoms with E-state index in [-0.39, 0.29) is 23.2 Å². The molecular formula is C11H7F2NO2. The Kier molecular flexibility index (Phi) is 1.77. The fourth-order valence-electron chi connectivity index (χ4n) is 1.95. The van der Waals surface area contributed by atoms with Crippen LogP contribution < -0.4 is 10.2 Å². The summed E-state index contributed by atoms with van der Waals surface area (Å²) in [4.78, 5) is 11.5. The maximum atomic E-state index is 13.5. The van der Waals surface area contributed by atoms with Crippen LogP contribution in [0.2, 0.25) is 0 Å². The van der Waals surface area contributed by atoms with Gasteiger partial charge in [-0.25, -0.2) is 4.39 Å². The first-order valence-corrected chi connectivity index (χ1v) is 4.82. The van der Waals surface area contributed by atoms with E-state index in [1.807, 2.05) is 0 Å². The van der Waals surface area contributed by atoms with E-state index in [1.165, 1.54) is 6.07 Å². The second kappa shape index (κ2) is 3.04. The fraction of sp³-hybridized carbons (Fsp3) is 0.182. The number of pyridine rings is 1. The van der Waals surface area contributed by atoms with Crippen molar-refractivity contribution in [3.05, 3.63) is 40.2 Å². The van der Waals surface area contributed by atoms with E-state index in [9.17, 15) is 13.6 Å². The SMILES string of the molecule is O=c1ccn2c3c(c(F)c(F)cc13)OCC2. The van der Waals surface area contributed by atoms with Crippen molar-refractivity contribution >= 4 is 10.9 Å². The van der Waals surface area contributed by atoms with Crippen LogP contribution in [-0.2, 0) is 6.54 Å². The lowest BCUT2D eigenvalue weighted by molar-refractivity contribution is 0.268. The highest BCUT2D eigenvalue weighted by Crippen LogP contribution is 2.31. The van der Waals surface area contributed by atoms with Crippen molar-refractivity contribution in [1.29, 1.82) is 0 Å². The van der Waals surface area contributed by atoms with E-state index in [0.717, 1.165) is 6.07 Å². The second-order valence-electron chi connectivity index (χ2n) is 3.62. The number of benzene rings is 1. The van der Waals surface area contributed by atoms with E-state index < -0.39 is 11.6 Å². The van der Waals surface area contributed by atoms with Crippen molar-refractivity contribution in [3.63, 3.8) is 0 Å². The van der Waals surface area contributed by atoms with Gasteiger partial charge in [-0.3, -0.25) is 4.79 Å². The molecule has 3 nitrogen and oxygen atoms in total. The number of ether oxygens (including phenoxy) is 1. The van der Waals surface area contributed by atoms with Crippen LogP contribution in [0.3, 0.4) is 0 Å². The first kappa shape index (κ1) is 9.33. The summed E-state index contributed by atoms with van der Waals surface area (Å²) in [5.41, 5.74) is -0.00505. The first-order chi connectivity index (χ1) is 7.68. The molecule has 0 unspecified atom stereocenters. The summed E-state index contributed by atoms with van der Waals surface area (Å²) < 4.78 is 33.5. The molecule has 2 aromatic rings. The van der Waals surface area contributed by atoms with Crippen LogP contribution in [0.25, 0.3) is 10.9 Å². The lowest BCUT2D eigenvalue weighted by Crippen LogP contribution is -2.20. The summed E-state index contributed by atoms with van der Waals surface area (Å²) in [5.74, 6) is -2.26. The first-order valence-electron chi connectivity index (χ1n) is 4.82. The van der Waals surface area contributed by atoms with E-state index in [1.54, 1.807) is 10.8 Å². The van der Waals surface area contributed by atoms with Gasteiger partial charge in [-0.15, -0.1) is 0 Å². The molecule has 16 heavy (non-hydrogen) atoms. The molecule has 2 heterocycles. The van der Waals surface area contributed by atoms with E-state index in [4.69, 9.17) is 4.74 Å². The molecule has 0 spiro atoms. The van der Waals surface area contributed by atoms with Gasteiger partial charge in [-0.2, -0.15) is 4.39 Å². The zero-order valence-electron chi connectivity index (χ0n) is 8.17. The van der Waals surface area contributed by atoms with Crippen LogP contribution >= 0.6 is 0 Å². The van der Waals surface area contributed by atoms with Crippen LogP contribution in [-0.4, -0.2) is 11.2 Å². The maximum absolute atomic E-state index is 13.5. The van der Waals surface area contributed by atoms with Crippen molar-refractivity contribution < 1.29 is 13.5 Å². The highest BCUT2D eigenvalue weighted by atomic mass is 19.2. The molecule has 0 atom stereocenters. The van der Waals surface area contributed by atoms with Crippen molar-refractivity contribution in [2.45, 2.75) is 6.54 Å². The predicted octanol–water partition coefficient (Wildman–Crippen LogP) is 1.67. The number of rotatable bonds is 0. The predicted molar refractivity (Wildman–Crippen MR) is 53.6 cm³/mol. The van der Waals surface area contributed by atoms with Crippen LogP contribution in [0, 0.1) is 11.6 Å². The second-order valence-corrected chi connectivity index (χ2v) is 3.62. The third-order valence-corrected chi connectivity index (χ3v) is 2.69. The Balaban J connectivity index is 2.59. The Hall–Kier alpha value is -1.91. The van der Waals surface area contributed by atoms with Crippen LogP contribution in [0.1, 0.15) is 0 Å². The molecule has 0 aliphatic carbocycles. The minimum atomic E-state index is -1.06. The van der Waals surface area contributed by atoms with Crippen molar-refractivity contribution in [2.75, 3.05) is 6.61 Å². The minimum absolute atomic E-state index is 0.149. The van der Waals surface area contributed by atoms with Crippen molar-refractivity contribution in [1.82, 2.24) is 4.57 Å². The molecular weight excluding hydrogens is 216 g/mol. The van der Waals surface area contributed by atoms with Gasteiger partial charge in [0.1, 0.15) is 6.61 Å². The molecule has 1 aromatic carbocycles. The standard InChI is InChI=1S/C11H7F2NO2/c12-7-5-6-8(15)1-2-14-3-4-16-11(9(7)13)10(6)14/h1-2,5H,3-4H2. The quantitative estimate of drug-likeness (QED) is 0.680. The lowest BCUT2D eigenvalue weighted by Gasteiger charge is -2.20. The van der Waals surface area contributed by atoms with Gasteiger partial charge in [-0.05, 0) is 6.07 Å². The fourth-order valence-corrected chi connectivity index (χ4v) is 1.95. The molecule has 1 aromatic heterocycles. The number of hydrogen-bond donors (Lipinski definition) is 0.